The van der Waals surface area contributed by atoms with Crippen molar-refractivity contribution in [3.05, 3.63) is 0 Å². The maximum atomic E-state index is 3.39. The van der Waals surface area contributed by atoms with Crippen molar-refractivity contribution in [3.8, 4) is 0 Å². The Labute approximate surface area is 102 Å². The first-order valence-corrected chi connectivity index (χ1v) is 7.41. The zero-order valence-electron chi connectivity index (χ0n) is 10.9. The largest absolute Gasteiger partial charge is 0.317 e. The van der Waals surface area contributed by atoms with Crippen LogP contribution in [0.3, 0.4) is 0 Å². The lowest BCUT2D eigenvalue weighted by Crippen LogP contribution is -2.18. The van der Waals surface area contributed by atoms with E-state index in [2.05, 4.69) is 10.6 Å². The van der Waals surface area contributed by atoms with Crippen LogP contribution in [0.5, 0.6) is 0 Å². The van der Waals surface area contributed by atoms with E-state index in [1.54, 1.807) is 0 Å². The zero-order valence-corrected chi connectivity index (χ0v) is 10.9. The Kier molecular flexibility index (Phi) is 9.97. The Hall–Kier alpha value is -0.0800. The summed E-state index contributed by atoms with van der Waals surface area (Å²) in [5.41, 5.74) is 0. The molecule has 0 bridgehead atoms. The Bertz CT molecular complexity index is 72.7. The average molecular weight is 226 g/mol. The molecule has 2 heterocycles. The first kappa shape index (κ1) is 14.0. The second-order valence-electron chi connectivity index (χ2n) is 5.04. The summed E-state index contributed by atoms with van der Waals surface area (Å²) < 4.78 is 0. The molecule has 2 fully saturated rings. The van der Waals surface area contributed by atoms with E-state index in [0.717, 1.165) is 0 Å². The van der Waals surface area contributed by atoms with Crippen molar-refractivity contribution in [3.63, 3.8) is 0 Å². The van der Waals surface area contributed by atoms with Crippen molar-refractivity contribution in [2.24, 2.45) is 0 Å². The average Bonchev–Trinajstić information content (AvgIpc) is 2.15. The first-order chi connectivity index (χ1) is 8.00. The van der Waals surface area contributed by atoms with Gasteiger partial charge in [-0.1, -0.05) is 38.5 Å². The van der Waals surface area contributed by atoms with E-state index in [-0.39, 0.29) is 0 Å². The quantitative estimate of drug-likeness (QED) is 0.663. The number of hydrogen-bond donors (Lipinski definition) is 2. The van der Waals surface area contributed by atoms with Gasteiger partial charge in [-0.05, 0) is 51.9 Å². The second-order valence-corrected chi connectivity index (χ2v) is 5.04. The van der Waals surface area contributed by atoms with Crippen LogP contribution >= 0.6 is 0 Å². The van der Waals surface area contributed by atoms with Crippen LogP contribution in [0.25, 0.3) is 0 Å². The summed E-state index contributed by atoms with van der Waals surface area (Å²) in [6, 6.07) is 0. The van der Waals surface area contributed by atoms with Crippen molar-refractivity contribution >= 4 is 0 Å². The van der Waals surface area contributed by atoms with Crippen molar-refractivity contribution < 1.29 is 0 Å². The highest BCUT2D eigenvalue weighted by molar-refractivity contribution is 4.55. The van der Waals surface area contributed by atoms with Crippen molar-refractivity contribution in [1.29, 1.82) is 0 Å². The van der Waals surface area contributed by atoms with Crippen LogP contribution in [-0.2, 0) is 0 Å². The Morgan fingerprint density at radius 1 is 0.312 bits per heavy atom. The maximum absolute atomic E-state index is 3.39. The minimum atomic E-state index is 1.25. The zero-order chi connectivity index (χ0) is 11.3. The summed E-state index contributed by atoms with van der Waals surface area (Å²) in [7, 11) is 0. The van der Waals surface area contributed by atoms with Crippen LogP contribution in [0.15, 0.2) is 0 Å². The molecule has 2 N–H and O–H groups in total. The third kappa shape index (κ3) is 9.17. The highest BCUT2D eigenvalue weighted by atomic mass is 14.8. The van der Waals surface area contributed by atoms with E-state index in [9.17, 15) is 0 Å². The Morgan fingerprint density at radius 2 is 0.562 bits per heavy atom. The first-order valence-electron chi connectivity index (χ1n) is 7.41. The van der Waals surface area contributed by atoms with E-state index in [1.807, 2.05) is 0 Å². The molecule has 2 nitrogen and oxygen atoms in total. The third-order valence-corrected chi connectivity index (χ3v) is 3.41. The summed E-state index contributed by atoms with van der Waals surface area (Å²) in [5, 5.41) is 6.77. The predicted molar refractivity (Wildman–Crippen MR) is 71.9 cm³/mol. The summed E-state index contributed by atoms with van der Waals surface area (Å²) >= 11 is 0. The van der Waals surface area contributed by atoms with E-state index in [4.69, 9.17) is 0 Å². The van der Waals surface area contributed by atoms with Gasteiger partial charge in [-0.2, -0.15) is 0 Å². The van der Waals surface area contributed by atoms with Gasteiger partial charge in [0, 0.05) is 0 Å². The van der Waals surface area contributed by atoms with Crippen LogP contribution in [0.2, 0.25) is 0 Å². The molecular formula is C14H30N2. The molecule has 2 heteroatoms. The van der Waals surface area contributed by atoms with Crippen LogP contribution < -0.4 is 10.6 Å². The third-order valence-electron chi connectivity index (χ3n) is 3.41. The minimum absolute atomic E-state index is 1.25. The SMILES string of the molecule is C1CCCNCCC1.C1CCCNCCC1. The summed E-state index contributed by atoms with van der Waals surface area (Å²) in [4.78, 5) is 0. The molecule has 0 atom stereocenters. The lowest BCUT2D eigenvalue weighted by molar-refractivity contribution is 0.516. The summed E-state index contributed by atoms with van der Waals surface area (Å²) in [6.07, 6.45) is 14.2. The molecule has 2 aliphatic rings. The molecule has 2 saturated heterocycles. The van der Waals surface area contributed by atoms with Crippen LogP contribution in [0.1, 0.15) is 64.2 Å². The molecule has 0 aromatic rings. The van der Waals surface area contributed by atoms with Gasteiger partial charge in [0.1, 0.15) is 0 Å². The smallest absolute Gasteiger partial charge is 0.00489 e. The molecule has 0 saturated carbocycles. The Morgan fingerprint density at radius 3 is 0.875 bits per heavy atom. The van der Waals surface area contributed by atoms with E-state index >= 15 is 0 Å². The van der Waals surface area contributed by atoms with Crippen LogP contribution in [0.4, 0.5) is 0 Å². The molecule has 2 aliphatic heterocycles. The summed E-state index contributed by atoms with van der Waals surface area (Å²) in [5.74, 6) is 0. The number of rotatable bonds is 0. The topological polar surface area (TPSA) is 24.1 Å². The van der Waals surface area contributed by atoms with Crippen molar-refractivity contribution in [2.45, 2.75) is 64.2 Å². The number of hydrogen-bond acceptors (Lipinski definition) is 2. The predicted octanol–water partition coefficient (Wildman–Crippen LogP) is 3.08. The normalized spacial score (nSPS) is 24.0. The van der Waals surface area contributed by atoms with Gasteiger partial charge in [0.15, 0.2) is 0 Å². The van der Waals surface area contributed by atoms with Gasteiger partial charge in [0.05, 0.1) is 0 Å². The second kappa shape index (κ2) is 11.4. The van der Waals surface area contributed by atoms with Crippen molar-refractivity contribution in [1.82, 2.24) is 10.6 Å². The Balaban J connectivity index is 0.000000160. The fourth-order valence-electron chi connectivity index (χ4n) is 2.31. The fourth-order valence-corrected chi connectivity index (χ4v) is 2.31. The molecule has 0 spiro atoms. The molecule has 0 aliphatic carbocycles. The van der Waals surface area contributed by atoms with Crippen molar-refractivity contribution in [2.75, 3.05) is 26.2 Å². The molecule has 0 aromatic carbocycles. The molecular weight excluding hydrogens is 196 g/mol. The molecule has 0 unspecified atom stereocenters. The monoisotopic (exact) mass is 226 g/mol. The van der Waals surface area contributed by atoms with Crippen LogP contribution in [-0.4, -0.2) is 26.2 Å². The fraction of sp³-hybridized carbons (Fsp3) is 1.00. The van der Waals surface area contributed by atoms with Gasteiger partial charge in [-0.25, -0.2) is 0 Å². The maximum Gasteiger partial charge on any atom is -0.00489 e. The van der Waals surface area contributed by atoms with Gasteiger partial charge in [0.25, 0.3) is 0 Å². The standard InChI is InChI=1S/2C7H15N/c2*1-2-4-6-8-7-5-3-1/h2*8H,1-7H2. The summed E-state index contributed by atoms with van der Waals surface area (Å²) in [6.45, 7) is 5.00. The molecule has 2 rings (SSSR count). The molecule has 0 aromatic heterocycles. The molecule has 0 radical (unpaired) electrons. The van der Waals surface area contributed by atoms with E-state index in [1.165, 1.54) is 90.4 Å². The van der Waals surface area contributed by atoms with Gasteiger partial charge >= 0.3 is 0 Å². The minimum Gasteiger partial charge on any atom is -0.317 e. The molecule has 0 amide bonds. The van der Waals surface area contributed by atoms with E-state index < -0.39 is 0 Å². The lowest BCUT2D eigenvalue weighted by atomic mass is 10.1. The van der Waals surface area contributed by atoms with Gasteiger partial charge in [-0.3, -0.25) is 0 Å². The lowest BCUT2D eigenvalue weighted by Gasteiger charge is -2.08. The molecule has 96 valence electrons. The van der Waals surface area contributed by atoms with E-state index in [0.29, 0.717) is 0 Å². The molecule has 16 heavy (non-hydrogen) atoms. The van der Waals surface area contributed by atoms with Gasteiger partial charge in [0.2, 0.25) is 0 Å². The van der Waals surface area contributed by atoms with Crippen LogP contribution in [0, 0.1) is 0 Å². The highest BCUT2D eigenvalue weighted by Gasteiger charge is 1.95. The van der Waals surface area contributed by atoms with Gasteiger partial charge in [-0.15, -0.1) is 0 Å². The number of nitrogens with one attached hydrogen (secondary N) is 2. The van der Waals surface area contributed by atoms with Gasteiger partial charge < -0.3 is 10.6 Å². The highest BCUT2D eigenvalue weighted by Crippen LogP contribution is 2.04.